The fraction of sp³-hybridized carbons (Fsp3) is 0. The maximum absolute atomic E-state index is 12.5. The highest BCUT2D eigenvalue weighted by atomic mass is 16.3. The monoisotopic (exact) mass is 287 g/mol. The van der Waals surface area contributed by atoms with E-state index >= 15 is 0 Å². The Kier molecular flexibility index (Phi) is 2.90. The highest BCUT2D eigenvalue weighted by Crippen LogP contribution is 2.25. The van der Waals surface area contributed by atoms with Crippen LogP contribution in [0.2, 0.25) is 0 Å². The number of para-hydroxylation sites is 1. The lowest BCUT2D eigenvalue weighted by molar-refractivity contribution is 0.622. The number of hydrogen-bond acceptors (Lipinski definition) is 3. The predicted molar refractivity (Wildman–Crippen MR) is 89.7 cm³/mol. The van der Waals surface area contributed by atoms with Crippen LogP contribution in [0.25, 0.3) is 21.7 Å². The van der Waals surface area contributed by atoms with Crippen LogP contribution in [-0.2, 0) is 0 Å². The van der Waals surface area contributed by atoms with Gasteiger partial charge in [-0.1, -0.05) is 48.5 Å². The SMILES string of the molecule is O=c1cc(Nc2ccccc2)oc2ccc3ccccc3c12. The summed E-state index contributed by atoms with van der Waals surface area (Å²) in [6.45, 7) is 0. The minimum atomic E-state index is -0.0449. The van der Waals surface area contributed by atoms with Crippen molar-refractivity contribution in [3.05, 3.63) is 83.0 Å². The Morgan fingerprint density at radius 1 is 0.818 bits per heavy atom. The van der Waals surface area contributed by atoms with E-state index in [0.717, 1.165) is 16.5 Å². The van der Waals surface area contributed by atoms with Gasteiger partial charge in [-0.15, -0.1) is 0 Å². The minimum absolute atomic E-state index is 0.0449. The second-order valence-electron chi connectivity index (χ2n) is 5.13. The van der Waals surface area contributed by atoms with Gasteiger partial charge in [-0.05, 0) is 29.0 Å². The van der Waals surface area contributed by atoms with Gasteiger partial charge in [0.2, 0.25) is 5.88 Å². The van der Waals surface area contributed by atoms with Crippen LogP contribution >= 0.6 is 0 Å². The molecule has 1 N–H and O–H groups in total. The minimum Gasteiger partial charge on any atom is -0.440 e. The molecule has 0 aliphatic rings. The van der Waals surface area contributed by atoms with Gasteiger partial charge in [0.15, 0.2) is 5.43 Å². The normalized spacial score (nSPS) is 10.9. The summed E-state index contributed by atoms with van der Waals surface area (Å²) in [5.74, 6) is 0.444. The molecule has 1 heterocycles. The molecule has 0 saturated heterocycles. The molecule has 0 radical (unpaired) electrons. The summed E-state index contributed by atoms with van der Waals surface area (Å²) in [4.78, 5) is 12.5. The number of fused-ring (bicyclic) bond motifs is 3. The number of nitrogens with one attached hydrogen (secondary N) is 1. The van der Waals surface area contributed by atoms with E-state index in [9.17, 15) is 4.79 Å². The lowest BCUT2D eigenvalue weighted by atomic mass is 10.1. The largest absolute Gasteiger partial charge is 0.440 e. The fourth-order valence-corrected chi connectivity index (χ4v) is 2.66. The van der Waals surface area contributed by atoms with Crippen molar-refractivity contribution in [3.8, 4) is 0 Å². The van der Waals surface area contributed by atoms with Crippen LogP contribution in [0, 0.1) is 0 Å². The quantitative estimate of drug-likeness (QED) is 0.544. The zero-order valence-corrected chi connectivity index (χ0v) is 11.7. The summed E-state index contributed by atoms with van der Waals surface area (Å²) < 4.78 is 5.84. The van der Waals surface area contributed by atoms with E-state index in [-0.39, 0.29) is 5.43 Å². The highest BCUT2D eigenvalue weighted by molar-refractivity contribution is 6.05. The van der Waals surface area contributed by atoms with Crippen molar-refractivity contribution in [2.24, 2.45) is 0 Å². The van der Waals surface area contributed by atoms with Crippen molar-refractivity contribution in [2.45, 2.75) is 0 Å². The molecule has 22 heavy (non-hydrogen) atoms. The Balaban J connectivity index is 1.90. The third kappa shape index (κ3) is 2.13. The molecule has 1 aromatic heterocycles. The van der Waals surface area contributed by atoms with Gasteiger partial charge in [0.05, 0.1) is 5.39 Å². The maximum Gasteiger partial charge on any atom is 0.201 e. The molecule has 0 saturated carbocycles. The Labute approximate surface area is 126 Å². The second-order valence-corrected chi connectivity index (χ2v) is 5.13. The van der Waals surface area contributed by atoms with E-state index in [1.54, 1.807) is 0 Å². The van der Waals surface area contributed by atoms with Crippen molar-refractivity contribution in [2.75, 3.05) is 5.32 Å². The molecule has 0 aliphatic heterocycles. The first-order chi connectivity index (χ1) is 10.8. The first kappa shape index (κ1) is 12.7. The van der Waals surface area contributed by atoms with Gasteiger partial charge in [-0.2, -0.15) is 0 Å². The predicted octanol–water partition coefficient (Wildman–Crippen LogP) is 4.69. The molecule has 0 amide bonds. The molecular weight excluding hydrogens is 274 g/mol. The number of benzene rings is 3. The van der Waals surface area contributed by atoms with Crippen LogP contribution in [-0.4, -0.2) is 0 Å². The fourth-order valence-electron chi connectivity index (χ4n) is 2.66. The molecule has 106 valence electrons. The molecule has 3 heteroatoms. The lowest BCUT2D eigenvalue weighted by Gasteiger charge is -2.07. The topological polar surface area (TPSA) is 42.2 Å². The summed E-state index contributed by atoms with van der Waals surface area (Å²) in [7, 11) is 0. The highest BCUT2D eigenvalue weighted by Gasteiger charge is 2.08. The van der Waals surface area contributed by atoms with Gasteiger partial charge in [-0.25, -0.2) is 0 Å². The van der Waals surface area contributed by atoms with E-state index < -0.39 is 0 Å². The Hall–Kier alpha value is -3.07. The van der Waals surface area contributed by atoms with Crippen molar-refractivity contribution in [1.29, 1.82) is 0 Å². The molecule has 0 aliphatic carbocycles. The van der Waals surface area contributed by atoms with E-state index in [1.165, 1.54) is 6.07 Å². The van der Waals surface area contributed by atoms with E-state index in [0.29, 0.717) is 16.9 Å². The van der Waals surface area contributed by atoms with Crippen LogP contribution in [0.4, 0.5) is 11.6 Å². The summed E-state index contributed by atoms with van der Waals surface area (Å²) in [6.07, 6.45) is 0. The molecule has 0 spiro atoms. The standard InChI is InChI=1S/C19H13NO2/c21-16-12-18(20-14-7-2-1-3-8-14)22-17-11-10-13-6-4-5-9-15(13)19(16)17/h1-12,20H. The molecule has 4 rings (SSSR count). The van der Waals surface area contributed by atoms with Crippen molar-refractivity contribution in [3.63, 3.8) is 0 Å². The van der Waals surface area contributed by atoms with Gasteiger partial charge in [-0.3, -0.25) is 4.79 Å². The average Bonchev–Trinajstić information content (AvgIpc) is 2.55. The van der Waals surface area contributed by atoms with Gasteiger partial charge < -0.3 is 9.73 Å². The number of anilines is 2. The molecule has 0 atom stereocenters. The molecule has 4 aromatic rings. The van der Waals surface area contributed by atoms with E-state index in [4.69, 9.17) is 4.42 Å². The van der Waals surface area contributed by atoms with E-state index in [1.807, 2.05) is 66.7 Å². The Morgan fingerprint density at radius 3 is 2.45 bits per heavy atom. The summed E-state index contributed by atoms with van der Waals surface area (Å²) >= 11 is 0. The third-order valence-electron chi connectivity index (χ3n) is 3.66. The maximum atomic E-state index is 12.5. The van der Waals surface area contributed by atoms with Crippen LogP contribution in [0.15, 0.2) is 82.0 Å². The van der Waals surface area contributed by atoms with Crippen LogP contribution in [0.1, 0.15) is 0 Å². The summed E-state index contributed by atoms with van der Waals surface area (Å²) in [5, 5.41) is 5.69. The average molecular weight is 287 g/mol. The van der Waals surface area contributed by atoms with Gasteiger partial charge in [0.1, 0.15) is 5.58 Å². The van der Waals surface area contributed by atoms with Crippen LogP contribution in [0.3, 0.4) is 0 Å². The second kappa shape index (κ2) is 5.04. The Morgan fingerprint density at radius 2 is 1.59 bits per heavy atom. The first-order valence-corrected chi connectivity index (χ1v) is 7.09. The van der Waals surface area contributed by atoms with Crippen LogP contribution in [0.5, 0.6) is 0 Å². The molecule has 0 bridgehead atoms. The molecule has 0 fully saturated rings. The molecular formula is C19H13NO2. The Bertz CT molecular complexity index is 1020. The van der Waals surface area contributed by atoms with Gasteiger partial charge >= 0.3 is 0 Å². The van der Waals surface area contributed by atoms with Crippen molar-refractivity contribution < 1.29 is 4.42 Å². The zero-order chi connectivity index (χ0) is 14.9. The number of rotatable bonds is 2. The lowest BCUT2D eigenvalue weighted by Crippen LogP contribution is -2.03. The first-order valence-electron chi connectivity index (χ1n) is 7.09. The molecule has 3 nitrogen and oxygen atoms in total. The van der Waals surface area contributed by atoms with Crippen molar-refractivity contribution >= 4 is 33.3 Å². The van der Waals surface area contributed by atoms with E-state index in [2.05, 4.69) is 5.32 Å². The summed E-state index contributed by atoms with van der Waals surface area (Å²) in [6, 6.07) is 22.8. The smallest absolute Gasteiger partial charge is 0.201 e. The van der Waals surface area contributed by atoms with Crippen molar-refractivity contribution in [1.82, 2.24) is 0 Å². The van der Waals surface area contributed by atoms with Gasteiger partial charge in [0, 0.05) is 11.8 Å². The third-order valence-corrected chi connectivity index (χ3v) is 3.66. The summed E-state index contributed by atoms with van der Waals surface area (Å²) in [5.41, 5.74) is 1.42. The molecule has 0 unspecified atom stereocenters. The van der Waals surface area contributed by atoms with Crippen LogP contribution < -0.4 is 10.7 Å². The van der Waals surface area contributed by atoms with Gasteiger partial charge in [0.25, 0.3) is 0 Å². The number of hydrogen-bond donors (Lipinski definition) is 1. The molecule has 3 aromatic carbocycles. The zero-order valence-electron chi connectivity index (χ0n) is 11.7.